The van der Waals surface area contributed by atoms with Crippen LogP contribution in [0.15, 0.2) is 40.5 Å². The van der Waals surface area contributed by atoms with E-state index in [-0.39, 0.29) is 11.9 Å². The molecule has 29 heavy (non-hydrogen) atoms. The van der Waals surface area contributed by atoms with Crippen LogP contribution in [0.1, 0.15) is 41.6 Å². The Labute approximate surface area is 178 Å². The van der Waals surface area contributed by atoms with Crippen LogP contribution in [-0.2, 0) is 9.53 Å². The van der Waals surface area contributed by atoms with Crippen molar-refractivity contribution in [3.8, 4) is 0 Å². The van der Waals surface area contributed by atoms with Crippen LogP contribution < -0.4 is 5.32 Å². The Morgan fingerprint density at radius 2 is 1.86 bits per heavy atom. The number of nitrogens with zero attached hydrogens (tertiary/aromatic N) is 2. The van der Waals surface area contributed by atoms with Crippen LogP contribution in [0.5, 0.6) is 0 Å². The molecule has 1 unspecified atom stereocenters. The van der Waals surface area contributed by atoms with Gasteiger partial charge in [-0.1, -0.05) is 23.9 Å². The van der Waals surface area contributed by atoms with Crippen molar-refractivity contribution < 1.29 is 14.3 Å². The highest BCUT2D eigenvalue weighted by molar-refractivity contribution is 7.99. The lowest BCUT2D eigenvalue weighted by Crippen LogP contribution is -2.39. The summed E-state index contributed by atoms with van der Waals surface area (Å²) in [5.41, 5.74) is 1.55. The van der Waals surface area contributed by atoms with Gasteiger partial charge in [-0.2, -0.15) is 0 Å². The fraction of sp³-hybridized carbons (Fsp3) is 0.333. The molecule has 0 aliphatic carbocycles. The summed E-state index contributed by atoms with van der Waals surface area (Å²) in [6, 6.07) is 7.15. The Kier molecular flexibility index (Phi) is 6.54. The van der Waals surface area contributed by atoms with Gasteiger partial charge in [0.1, 0.15) is 16.2 Å². The SMILES string of the molecule is Cc1sc2ncnc(Sc3ccccc3C(=O)OC(C)C(=O)NC(C)C)c2c1C. The number of ether oxygens (including phenoxy) is 1. The van der Waals surface area contributed by atoms with E-state index in [1.165, 1.54) is 16.6 Å². The second-order valence-electron chi connectivity index (χ2n) is 6.95. The van der Waals surface area contributed by atoms with Crippen molar-refractivity contribution in [1.29, 1.82) is 0 Å². The van der Waals surface area contributed by atoms with Crippen molar-refractivity contribution in [2.45, 2.75) is 56.7 Å². The van der Waals surface area contributed by atoms with E-state index in [0.717, 1.165) is 25.7 Å². The topological polar surface area (TPSA) is 81.2 Å². The molecule has 3 aromatic rings. The molecule has 0 bridgehead atoms. The average Bonchev–Trinajstić information content (AvgIpc) is 2.96. The molecule has 0 aliphatic heterocycles. The number of carbonyl (C=O) groups excluding carboxylic acids is 2. The van der Waals surface area contributed by atoms with E-state index in [9.17, 15) is 9.59 Å². The summed E-state index contributed by atoms with van der Waals surface area (Å²) < 4.78 is 5.40. The molecule has 1 aromatic carbocycles. The lowest BCUT2D eigenvalue weighted by Gasteiger charge is -2.16. The molecule has 0 spiro atoms. The Hall–Kier alpha value is -2.45. The van der Waals surface area contributed by atoms with Gasteiger partial charge in [-0.3, -0.25) is 4.79 Å². The van der Waals surface area contributed by atoms with E-state index in [1.807, 2.05) is 26.0 Å². The first-order valence-electron chi connectivity index (χ1n) is 9.26. The Bertz CT molecular complexity index is 1060. The molecule has 6 nitrogen and oxygen atoms in total. The number of rotatable bonds is 6. The molecule has 0 radical (unpaired) electrons. The van der Waals surface area contributed by atoms with Gasteiger partial charge in [0.15, 0.2) is 6.10 Å². The van der Waals surface area contributed by atoms with Gasteiger partial charge < -0.3 is 10.1 Å². The summed E-state index contributed by atoms with van der Waals surface area (Å²) >= 11 is 3.03. The van der Waals surface area contributed by atoms with Gasteiger partial charge in [-0.25, -0.2) is 14.8 Å². The zero-order valence-corrected chi connectivity index (χ0v) is 18.6. The molecule has 152 valence electrons. The smallest absolute Gasteiger partial charge is 0.340 e. The number of amides is 1. The van der Waals surface area contributed by atoms with Gasteiger partial charge in [0.05, 0.1) is 5.56 Å². The molecule has 3 rings (SSSR count). The van der Waals surface area contributed by atoms with Crippen molar-refractivity contribution in [1.82, 2.24) is 15.3 Å². The fourth-order valence-corrected chi connectivity index (χ4v) is 4.86. The lowest BCUT2D eigenvalue weighted by atomic mass is 10.2. The third-order valence-corrected chi connectivity index (χ3v) is 6.52. The molecule has 0 fully saturated rings. The van der Waals surface area contributed by atoms with Crippen LogP contribution in [0, 0.1) is 13.8 Å². The van der Waals surface area contributed by atoms with Crippen molar-refractivity contribution >= 4 is 45.2 Å². The molecular formula is C21H23N3O3S2. The lowest BCUT2D eigenvalue weighted by molar-refractivity contribution is -0.129. The minimum Gasteiger partial charge on any atom is -0.449 e. The van der Waals surface area contributed by atoms with Crippen LogP contribution in [0.25, 0.3) is 10.2 Å². The predicted molar refractivity (Wildman–Crippen MR) is 116 cm³/mol. The average molecular weight is 430 g/mol. The normalized spacial score (nSPS) is 12.2. The Morgan fingerprint density at radius 3 is 2.59 bits per heavy atom. The van der Waals surface area contributed by atoms with E-state index in [2.05, 4.69) is 29.1 Å². The second kappa shape index (κ2) is 8.92. The Balaban J connectivity index is 1.87. The number of aryl methyl sites for hydroxylation is 2. The number of aromatic nitrogens is 2. The van der Waals surface area contributed by atoms with Crippen LogP contribution in [-0.4, -0.2) is 34.0 Å². The maximum Gasteiger partial charge on any atom is 0.340 e. The number of esters is 1. The monoisotopic (exact) mass is 429 g/mol. The molecule has 0 saturated carbocycles. The summed E-state index contributed by atoms with van der Waals surface area (Å²) in [7, 11) is 0. The van der Waals surface area contributed by atoms with Crippen LogP contribution in [0.3, 0.4) is 0 Å². The van der Waals surface area contributed by atoms with Crippen molar-refractivity contribution in [2.24, 2.45) is 0 Å². The van der Waals surface area contributed by atoms with Gasteiger partial charge in [-0.05, 0) is 52.3 Å². The Morgan fingerprint density at radius 1 is 1.14 bits per heavy atom. The molecule has 8 heteroatoms. The number of benzene rings is 1. The van der Waals surface area contributed by atoms with Crippen LogP contribution in [0.2, 0.25) is 0 Å². The van der Waals surface area contributed by atoms with Crippen molar-refractivity contribution in [3.63, 3.8) is 0 Å². The maximum absolute atomic E-state index is 12.7. The highest BCUT2D eigenvalue weighted by Crippen LogP contribution is 2.38. The van der Waals surface area contributed by atoms with E-state index in [4.69, 9.17) is 4.74 Å². The predicted octanol–water partition coefficient (Wildman–Crippen LogP) is 4.53. The largest absolute Gasteiger partial charge is 0.449 e. The molecule has 0 saturated heterocycles. The number of hydrogen-bond donors (Lipinski definition) is 1. The van der Waals surface area contributed by atoms with Crippen molar-refractivity contribution in [3.05, 3.63) is 46.6 Å². The molecule has 2 aromatic heterocycles. The number of nitrogens with one attached hydrogen (secondary N) is 1. The number of thiophene rings is 1. The first-order chi connectivity index (χ1) is 13.8. The quantitative estimate of drug-likeness (QED) is 0.458. The van der Waals surface area contributed by atoms with Gasteiger partial charge in [0.25, 0.3) is 5.91 Å². The van der Waals surface area contributed by atoms with Gasteiger partial charge >= 0.3 is 5.97 Å². The van der Waals surface area contributed by atoms with E-state index >= 15 is 0 Å². The molecule has 1 amide bonds. The summed E-state index contributed by atoms with van der Waals surface area (Å²) in [6.45, 7) is 9.39. The van der Waals surface area contributed by atoms with Crippen LogP contribution >= 0.6 is 23.1 Å². The van der Waals surface area contributed by atoms with E-state index < -0.39 is 12.1 Å². The third kappa shape index (κ3) is 4.76. The summed E-state index contributed by atoms with van der Waals surface area (Å²) in [6.07, 6.45) is 0.662. The summed E-state index contributed by atoms with van der Waals surface area (Å²) in [5, 5.41) is 4.55. The molecule has 1 atom stereocenters. The minimum absolute atomic E-state index is 0.0241. The van der Waals surface area contributed by atoms with E-state index in [0.29, 0.717) is 5.56 Å². The zero-order valence-electron chi connectivity index (χ0n) is 17.0. The van der Waals surface area contributed by atoms with Gasteiger partial charge in [0, 0.05) is 21.2 Å². The van der Waals surface area contributed by atoms with Gasteiger partial charge in [0.2, 0.25) is 0 Å². The fourth-order valence-electron chi connectivity index (χ4n) is 2.74. The molecular weight excluding hydrogens is 406 g/mol. The maximum atomic E-state index is 12.7. The minimum atomic E-state index is -0.879. The van der Waals surface area contributed by atoms with Gasteiger partial charge in [-0.15, -0.1) is 11.3 Å². The number of carbonyl (C=O) groups is 2. The summed E-state index contributed by atoms with van der Waals surface area (Å²) in [5.74, 6) is -0.858. The first kappa shape index (κ1) is 21.3. The standard InChI is InChI=1S/C21H23N3O3S2/c1-11(2)24-18(25)13(4)27-21(26)15-8-6-7-9-16(15)29-20-17-12(3)14(5)28-19(17)22-10-23-20/h6-11,13H,1-5H3,(H,24,25). The van der Waals surface area contributed by atoms with Crippen LogP contribution in [0.4, 0.5) is 0 Å². The number of fused-ring (bicyclic) bond motifs is 1. The molecule has 2 heterocycles. The molecule has 1 N–H and O–H groups in total. The summed E-state index contributed by atoms with van der Waals surface area (Å²) in [4.78, 5) is 36.5. The zero-order chi connectivity index (χ0) is 21.1. The highest BCUT2D eigenvalue weighted by Gasteiger charge is 2.22. The van der Waals surface area contributed by atoms with E-state index in [1.54, 1.807) is 36.7 Å². The first-order valence-corrected chi connectivity index (χ1v) is 10.9. The second-order valence-corrected chi connectivity index (χ2v) is 9.19. The third-order valence-electron chi connectivity index (χ3n) is 4.33. The van der Waals surface area contributed by atoms with Crippen molar-refractivity contribution in [2.75, 3.05) is 0 Å². The molecule has 0 aliphatic rings. The number of hydrogen-bond acceptors (Lipinski definition) is 7. The highest BCUT2D eigenvalue weighted by atomic mass is 32.2.